The zero-order valence-corrected chi connectivity index (χ0v) is 15.2. The lowest BCUT2D eigenvalue weighted by Crippen LogP contribution is -2.30. The maximum absolute atomic E-state index is 12.3. The van der Waals surface area contributed by atoms with Crippen molar-refractivity contribution < 1.29 is 19.2 Å². The summed E-state index contributed by atoms with van der Waals surface area (Å²) >= 11 is 0. The van der Waals surface area contributed by atoms with Crippen molar-refractivity contribution in [2.24, 2.45) is 0 Å². The molecule has 1 heterocycles. The normalized spacial score (nSPS) is 11.8. The van der Waals surface area contributed by atoms with Gasteiger partial charge >= 0.3 is 5.97 Å². The van der Waals surface area contributed by atoms with E-state index in [1.165, 1.54) is 31.2 Å². The number of ether oxygens (including phenoxy) is 1. The molecule has 1 aromatic heterocycles. The van der Waals surface area contributed by atoms with E-state index >= 15 is 0 Å². The first-order chi connectivity index (χ1) is 13.4. The second-order valence-electron chi connectivity index (χ2n) is 5.92. The molecule has 10 nitrogen and oxygen atoms in total. The molecule has 3 rings (SSSR count). The van der Waals surface area contributed by atoms with Crippen LogP contribution in [-0.2, 0) is 16.1 Å². The molecule has 0 aliphatic rings. The van der Waals surface area contributed by atoms with Crippen LogP contribution in [0.3, 0.4) is 0 Å². The number of fused-ring (bicyclic) bond motifs is 1. The Bertz CT molecular complexity index is 1060. The number of nitro benzene ring substituents is 1. The van der Waals surface area contributed by atoms with Crippen LogP contribution in [0.15, 0.2) is 42.5 Å². The first-order valence-corrected chi connectivity index (χ1v) is 8.49. The molecular formula is C18H17N5O5. The Morgan fingerprint density at radius 2 is 2.04 bits per heavy atom. The molecule has 0 spiro atoms. The quantitative estimate of drug-likeness (QED) is 0.393. The van der Waals surface area contributed by atoms with Crippen LogP contribution in [0.25, 0.3) is 11.0 Å². The van der Waals surface area contributed by atoms with Crippen LogP contribution in [0.5, 0.6) is 0 Å². The van der Waals surface area contributed by atoms with Crippen molar-refractivity contribution in [1.82, 2.24) is 15.0 Å². The van der Waals surface area contributed by atoms with Crippen LogP contribution in [0.1, 0.15) is 24.2 Å². The Morgan fingerprint density at radius 3 is 2.75 bits per heavy atom. The number of hydrogen-bond acceptors (Lipinski definition) is 7. The monoisotopic (exact) mass is 383 g/mol. The average molecular weight is 383 g/mol. The van der Waals surface area contributed by atoms with Crippen LogP contribution >= 0.6 is 0 Å². The predicted molar refractivity (Wildman–Crippen MR) is 99.8 cm³/mol. The second kappa shape index (κ2) is 7.82. The lowest BCUT2D eigenvalue weighted by atomic mass is 10.2. The molecule has 3 aromatic rings. The summed E-state index contributed by atoms with van der Waals surface area (Å²) in [4.78, 5) is 35.0. The molecule has 1 N–H and O–H groups in total. The number of esters is 1. The molecule has 0 saturated heterocycles. The second-order valence-corrected chi connectivity index (χ2v) is 5.92. The number of nitrogens with one attached hydrogen (secondary N) is 1. The molecule has 144 valence electrons. The smallest absolute Gasteiger partial charge is 0.338 e. The standard InChI is InChI=1S/C18H17N5O5/c1-3-22-15-9-8-12(10-14(15)20-21-22)18(25)28-11(2)17(24)19-13-6-4-5-7-16(13)23(26)27/h4-11H,3H2,1-2H3,(H,19,24)/t11-/m0/s1. The molecule has 0 saturated carbocycles. The minimum absolute atomic E-state index is 0.0259. The number of carbonyl (C=O) groups is 2. The van der Waals surface area contributed by atoms with E-state index in [-0.39, 0.29) is 16.9 Å². The van der Waals surface area contributed by atoms with Gasteiger partial charge in [-0.05, 0) is 38.1 Å². The largest absolute Gasteiger partial charge is 0.449 e. The molecule has 10 heteroatoms. The number of rotatable bonds is 6. The molecular weight excluding hydrogens is 366 g/mol. The summed E-state index contributed by atoms with van der Waals surface area (Å²) < 4.78 is 6.86. The number of anilines is 1. The maximum atomic E-state index is 12.3. The predicted octanol–water partition coefficient (Wildman–Crippen LogP) is 2.54. The van der Waals surface area contributed by atoms with Gasteiger partial charge in [0.15, 0.2) is 6.10 Å². The van der Waals surface area contributed by atoms with Crippen molar-refractivity contribution in [3.63, 3.8) is 0 Å². The van der Waals surface area contributed by atoms with Gasteiger partial charge in [-0.15, -0.1) is 5.10 Å². The first-order valence-electron chi connectivity index (χ1n) is 8.49. The van der Waals surface area contributed by atoms with Crippen molar-refractivity contribution in [3.05, 3.63) is 58.1 Å². The Labute approximate surface area is 159 Å². The van der Waals surface area contributed by atoms with Gasteiger partial charge in [0, 0.05) is 12.6 Å². The van der Waals surface area contributed by atoms with Crippen LogP contribution in [0.2, 0.25) is 0 Å². The molecule has 0 aliphatic heterocycles. The highest BCUT2D eigenvalue weighted by Crippen LogP contribution is 2.23. The highest BCUT2D eigenvalue weighted by Gasteiger charge is 2.22. The fraction of sp³-hybridized carbons (Fsp3) is 0.222. The van der Waals surface area contributed by atoms with Crippen molar-refractivity contribution in [3.8, 4) is 0 Å². The van der Waals surface area contributed by atoms with Crippen LogP contribution in [0.4, 0.5) is 11.4 Å². The zero-order chi connectivity index (χ0) is 20.3. The van der Waals surface area contributed by atoms with Gasteiger partial charge in [0.05, 0.1) is 16.0 Å². The molecule has 0 fully saturated rings. The molecule has 2 aromatic carbocycles. The summed E-state index contributed by atoms with van der Waals surface area (Å²) in [7, 11) is 0. The summed E-state index contributed by atoms with van der Waals surface area (Å²) in [5.41, 5.74) is 1.31. The van der Waals surface area contributed by atoms with E-state index in [4.69, 9.17) is 4.74 Å². The van der Waals surface area contributed by atoms with Gasteiger partial charge in [-0.3, -0.25) is 14.9 Å². The maximum Gasteiger partial charge on any atom is 0.338 e. The average Bonchev–Trinajstić information content (AvgIpc) is 3.10. The van der Waals surface area contributed by atoms with E-state index in [0.717, 1.165) is 5.52 Å². The number of carbonyl (C=O) groups excluding carboxylic acids is 2. The van der Waals surface area contributed by atoms with Gasteiger partial charge in [0.25, 0.3) is 11.6 Å². The lowest BCUT2D eigenvalue weighted by molar-refractivity contribution is -0.383. The number of aryl methyl sites for hydroxylation is 1. The molecule has 1 atom stereocenters. The summed E-state index contributed by atoms with van der Waals surface area (Å²) in [6, 6.07) is 10.5. The summed E-state index contributed by atoms with van der Waals surface area (Å²) in [6.45, 7) is 3.95. The van der Waals surface area contributed by atoms with Crippen molar-refractivity contribution >= 4 is 34.3 Å². The summed E-state index contributed by atoms with van der Waals surface area (Å²) in [6.07, 6.45) is -1.16. The number of nitro groups is 1. The zero-order valence-electron chi connectivity index (χ0n) is 15.2. The number of para-hydroxylation sites is 2. The third-order valence-corrected chi connectivity index (χ3v) is 4.06. The molecule has 28 heavy (non-hydrogen) atoms. The minimum atomic E-state index is -1.16. The van der Waals surface area contributed by atoms with E-state index < -0.39 is 22.9 Å². The Morgan fingerprint density at radius 1 is 1.29 bits per heavy atom. The Kier molecular flexibility index (Phi) is 5.30. The summed E-state index contributed by atoms with van der Waals surface area (Å²) in [5, 5.41) is 21.4. The minimum Gasteiger partial charge on any atom is -0.449 e. The molecule has 0 radical (unpaired) electrons. The van der Waals surface area contributed by atoms with E-state index in [1.807, 2.05) is 6.92 Å². The number of benzene rings is 2. The fourth-order valence-corrected chi connectivity index (χ4v) is 2.59. The fourth-order valence-electron chi connectivity index (χ4n) is 2.59. The van der Waals surface area contributed by atoms with Gasteiger partial charge in [0.1, 0.15) is 11.2 Å². The molecule has 1 amide bonds. The van der Waals surface area contributed by atoms with Gasteiger partial charge in [-0.25, -0.2) is 9.48 Å². The van der Waals surface area contributed by atoms with Gasteiger partial charge in [0.2, 0.25) is 0 Å². The lowest BCUT2D eigenvalue weighted by Gasteiger charge is -2.13. The first kappa shape index (κ1) is 19.0. The van der Waals surface area contributed by atoms with E-state index in [1.54, 1.807) is 22.9 Å². The van der Waals surface area contributed by atoms with Crippen molar-refractivity contribution in [2.75, 3.05) is 5.32 Å². The number of hydrogen-bond donors (Lipinski definition) is 1. The van der Waals surface area contributed by atoms with Gasteiger partial charge in [-0.2, -0.15) is 0 Å². The Balaban J connectivity index is 1.70. The van der Waals surface area contributed by atoms with Crippen LogP contribution in [-0.4, -0.2) is 37.9 Å². The van der Waals surface area contributed by atoms with Gasteiger partial charge < -0.3 is 10.1 Å². The van der Waals surface area contributed by atoms with E-state index in [9.17, 15) is 19.7 Å². The molecule has 0 aliphatic carbocycles. The Hall–Kier alpha value is -3.82. The SMILES string of the molecule is CCn1nnc2cc(C(=O)O[C@@H](C)C(=O)Nc3ccccc3[N+](=O)[O-])ccc21. The summed E-state index contributed by atoms with van der Waals surface area (Å²) in [5.74, 6) is -1.39. The molecule has 0 bridgehead atoms. The number of nitrogens with zero attached hydrogens (tertiary/aromatic N) is 4. The highest BCUT2D eigenvalue weighted by atomic mass is 16.6. The third kappa shape index (κ3) is 3.80. The van der Waals surface area contributed by atoms with Crippen molar-refractivity contribution in [2.45, 2.75) is 26.5 Å². The van der Waals surface area contributed by atoms with Gasteiger partial charge in [-0.1, -0.05) is 17.3 Å². The topological polar surface area (TPSA) is 129 Å². The highest BCUT2D eigenvalue weighted by molar-refractivity contribution is 5.99. The third-order valence-electron chi connectivity index (χ3n) is 4.06. The van der Waals surface area contributed by atoms with E-state index in [2.05, 4.69) is 15.6 Å². The molecule has 0 unspecified atom stereocenters. The number of aromatic nitrogens is 3. The van der Waals surface area contributed by atoms with E-state index in [0.29, 0.717) is 12.1 Å². The number of amides is 1. The van der Waals surface area contributed by atoms with Crippen LogP contribution < -0.4 is 5.32 Å². The van der Waals surface area contributed by atoms with Crippen LogP contribution in [0, 0.1) is 10.1 Å². The van der Waals surface area contributed by atoms with Crippen molar-refractivity contribution in [1.29, 1.82) is 0 Å².